The van der Waals surface area contributed by atoms with Crippen LogP contribution in [0.4, 0.5) is 4.39 Å². The highest BCUT2D eigenvalue weighted by atomic mass is 79.9. The first-order valence-electron chi connectivity index (χ1n) is 6.40. The number of nitrogens with one attached hydrogen (secondary N) is 1. The smallest absolute Gasteiger partial charge is 0.123 e. The van der Waals surface area contributed by atoms with Crippen LogP contribution in [0.25, 0.3) is 0 Å². The Morgan fingerprint density at radius 2 is 2.21 bits per heavy atom. The Morgan fingerprint density at radius 3 is 3.00 bits per heavy atom. The zero-order chi connectivity index (χ0) is 13.2. The maximum atomic E-state index is 13.2. The zero-order valence-electron chi connectivity index (χ0n) is 10.4. The maximum absolute atomic E-state index is 13.2. The molecular weight excluding hydrogens is 309 g/mol. The summed E-state index contributed by atoms with van der Waals surface area (Å²) in [5.74, 6) is -0.221. The van der Waals surface area contributed by atoms with Gasteiger partial charge in [0, 0.05) is 23.3 Å². The molecule has 100 valence electrons. The number of hydrogen-bond donors (Lipinski definition) is 1. The lowest BCUT2D eigenvalue weighted by Crippen LogP contribution is -2.16. The third kappa shape index (κ3) is 3.42. The number of hydrogen-bond acceptors (Lipinski definition) is 2. The molecule has 5 heteroatoms. The molecule has 0 spiro atoms. The number of halogens is 2. The second-order valence-corrected chi connectivity index (χ2v) is 5.75. The van der Waals surface area contributed by atoms with E-state index in [0.29, 0.717) is 12.6 Å². The molecule has 0 bridgehead atoms. The lowest BCUT2D eigenvalue weighted by Gasteiger charge is -2.05. The van der Waals surface area contributed by atoms with Gasteiger partial charge in [-0.1, -0.05) is 15.9 Å². The van der Waals surface area contributed by atoms with Crippen molar-refractivity contribution in [2.75, 3.05) is 0 Å². The second-order valence-electron chi connectivity index (χ2n) is 4.90. The fourth-order valence-electron chi connectivity index (χ4n) is 1.96. The highest BCUT2D eigenvalue weighted by molar-refractivity contribution is 9.10. The summed E-state index contributed by atoms with van der Waals surface area (Å²) in [6.07, 6.45) is 4.48. The third-order valence-corrected chi connectivity index (χ3v) is 3.96. The van der Waals surface area contributed by atoms with E-state index in [0.717, 1.165) is 22.3 Å². The SMILES string of the molecule is Fc1ccc(Br)c(Cn2ccc(CNC3CC3)n2)c1. The minimum atomic E-state index is -0.221. The van der Waals surface area contributed by atoms with Gasteiger partial charge in [-0.25, -0.2) is 4.39 Å². The van der Waals surface area contributed by atoms with Crippen LogP contribution in [0.1, 0.15) is 24.1 Å². The molecule has 3 nitrogen and oxygen atoms in total. The van der Waals surface area contributed by atoms with E-state index in [1.165, 1.54) is 25.0 Å². The Hall–Kier alpha value is -1.20. The molecule has 1 saturated carbocycles. The summed E-state index contributed by atoms with van der Waals surface area (Å²) < 4.78 is 16.0. The predicted octanol–water partition coefficient (Wildman–Crippen LogP) is 3.09. The number of aromatic nitrogens is 2. The highest BCUT2D eigenvalue weighted by Gasteiger charge is 2.20. The average Bonchev–Trinajstić information content (AvgIpc) is 3.12. The molecule has 0 saturated heterocycles. The van der Waals surface area contributed by atoms with E-state index in [2.05, 4.69) is 26.3 Å². The van der Waals surface area contributed by atoms with Crippen LogP contribution in [0.2, 0.25) is 0 Å². The van der Waals surface area contributed by atoms with Crippen molar-refractivity contribution in [2.45, 2.75) is 32.0 Å². The standard InChI is InChI=1S/C14H15BrFN3/c15-14-4-1-11(16)7-10(14)9-19-6-5-13(18-19)8-17-12-2-3-12/h1,4-7,12,17H,2-3,8-9H2. The van der Waals surface area contributed by atoms with Crippen LogP contribution >= 0.6 is 15.9 Å². The summed E-state index contributed by atoms with van der Waals surface area (Å²) in [7, 11) is 0. The van der Waals surface area contributed by atoms with Gasteiger partial charge in [-0.15, -0.1) is 0 Å². The van der Waals surface area contributed by atoms with Crippen molar-refractivity contribution < 1.29 is 4.39 Å². The average molecular weight is 324 g/mol. The van der Waals surface area contributed by atoms with Crippen molar-refractivity contribution >= 4 is 15.9 Å². The molecule has 1 aliphatic rings. The van der Waals surface area contributed by atoms with Gasteiger partial charge in [0.05, 0.1) is 12.2 Å². The molecule has 0 atom stereocenters. The van der Waals surface area contributed by atoms with Crippen molar-refractivity contribution in [2.24, 2.45) is 0 Å². The Balaban J connectivity index is 1.66. The van der Waals surface area contributed by atoms with E-state index >= 15 is 0 Å². The lowest BCUT2D eigenvalue weighted by molar-refractivity contribution is 0.611. The summed E-state index contributed by atoms with van der Waals surface area (Å²) in [4.78, 5) is 0. The van der Waals surface area contributed by atoms with Gasteiger partial charge in [-0.05, 0) is 42.7 Å². The molecule has 1 aromatic carbocycles. The first-order valence-corrected chi connectivity index (χ1v) is 7.19. The molecule has 0 unspecified atom stereocenters. The summed E-state index contributed by atoms with van der Waals surface area (Å²) in [5, 5.41) is 7.91. The normalized spacial score (nSPS) is 14.8. The van der Waals surface area contributed by atoms with Crippen LogP contribution in [-0.4, -0.2) is 15.8 Å². The summed E-state index contributed by atoms with van der Waals surface area (Å²) in [6.45, 7) is 1.38. The number of rotatable bonds is 5. The van der Waals surface area contributed by atoms with Crippen LogP contribution in [0.3, 0.4) is 0 Å². The predicted molar refractivity (Wildman–Crippen MR) is 75.3 cm³/mol. The Kier molecular flexibility index (Phi) is 3.66. The van der Waals surface area contributed by atoms with E-state index in [4.69, 9.17) is 0 Å². The Morgan fingerprint density at radius 1 is 1.37 bits per heavy atom. The van der Waals surface area contributed by atoms with E-state index < -0.39 is 0 Å². The molecule has 2 aromatic rings. The van der Waals surface area contributed by atoms with Gasteiger partial charge < -0.3 is 5.32 Å². The van der Waals surface area contributed by atoms with Gasteiger partial charge in [0.1, 0.15) is 5.82 Å². The third-order valence-electron chi connectivity index (χ3n) is 3.19. The monoisotopic (exact) mass is 323 g/mol. The molecule has 0 radical (unpaired) electrons. The summed E-state index contributed by atoms with van der Waals surface area (Å²) >= 11 is 3.43. The van der Waals surface area contributed by atoms with Crippen molar-refractivity contribution in [3.63, 3.8) is 0 Å². The van der Waals surface area contributed by atoms with Gasteiger partial charge in [-0.2, -0.15) is 5.10 Å². The maximum Gasteiger partial charge on any atom is 0.123 e. The summed E-state index contributed by atoms with van der Waals surface area (Å²) in [5.41, 5.74) is 1.92. The molecule has 0 aliphatic heterocycles. The van der Waals surface area contributed by atoms with Crippen LogP contribution in [0, 0.1) is 5.82 Å². The number of benzene rings is 1. The summed E-state index contributed by atoms with van der Waals surface area (Å²) in [6, 6.07) is 7.39. The topological polar surface area (TPSA) is 29.9 Å². The van der Waals surface area contributed by atoms with Crippen molar-refractivity contribution in [1.82, 2.24) is 15.1 Å². The molecule has 1 fully saturated rings. The van der Waals surface area contributed by atoms with Crippen LogP contribution < -0.4 is 5.32 Å². The van der Waals surface area contributed by atoms with Crippen molar-refractivity contribution in [3.05, 3.63) is 52.0 Å². The van der Waals surface area contributed by atoms with Gasteiger partial charge in [0.25, 0.3) is 0 Å². The van der Waals surface area contributed by atoms with E-state index in [1.54, 1.807) is 6.07 Å². The van der Waals surface area contributed by atoms with Crippen LogP contribution in [0.15, 0.2) is 34.9 Å². The first kappa shape index (κ1) is 12.8. The largest absolute Gasteiger partial charge is 0.308 e. The van der Waals surface area contributed by atoms with E-state index in [-0.39, 0.29) is 5.82 Å². The number of nitrogens with zero attached hydrogens (tertiary/aromatic N) is 2. The Bertz CT molecular complexity index is 578. The molecule has 1 aromatic heterocycles. The van der Waals surface area contributed by atoms with Gasteiger partial charge in [0.2, 0.25) is 0 Å². The van der Waals surface area contributed by atoms with Gasteiger partial charge >= 0.3 is 0 Å². The van der Waals surface area contributed by atoms with Crippen LogP contribution in [0.5, 0.6) is 0 Å². The van der Waals surface area contributed by atoms with Crippen molar-refractivity contribution in [3.8, 4) is 0 Å². The first-order chi connectivity index (χ1) is 9.20. The minimum Gasteiger partial charge on any atom is -0.308 e. The van der Waals surface area contributed by atoms with E-state index in [1.807, 2.05) is 16.9 Å². The lowest BCUT2D eigenvalue weighted by atomic mass is 10.2. The van der Waals surface area contributed by atoms with Gasteiger partial charge in [-0.3, -0.25) is 4.68 Å². The van der Waals surface area contributed by atoms with Gasteiger partial charge in [0.15, 0.2) is 0 Å². The molecular formula is C14H15BrFN3. The van der Waals surface area contributed by atoms with Crippen molar-refractivity contribution in [1.29, 1.82) is 0 Å². The molecule has 1 heterocycles. The molecule has 19 heavy (non-hydrogen) atoms. The fraction of sp³-hybridized carbons (Fsp3) is 0.357. The minimum absolute atomic E-state index is 0.221. The molecule has 3 rings (SSSR count). The molecule has 1 N–H and O–H groups in total. The van der Waals surface area contributed by atoms with E-state index in [9.17, 15) is 4.39 Å². The molecule has 0 amide bonds. The highest BCUT2D eigenvalue weighted by Crippen LogP contribution is 2.20. The van der Waals surface area contributed by atoms with Crippen LogP contribution in [-0.2, 0) is 13.1 Å². The molecule has 1 aliphatic carbocycles. The quantitative estimate of drug-likeness (QED) is 0.916. The fourth-order valence-corrected chi connectivity index (χ4v) is 2.33. The second kappa shape index (κ2) is 5.43. The Labute approximate surface area is 119 Å². The zero-order valence-corrected chi connectivity index (χ0v) is 12.0.